The van der Waals surface area contributed by atoms with E-state index in [0.29, 0.717) is 11.3 Å². The number of rotatable bonds is 10. The predicted molar refractivity (Wildman–Crippen MR) is 349 cm³/mol. The van der Waals surface area contributed by atoms with Crippen molar-refractivity contribution in [3.05, 3.63) is 289 Å². The molecule has 0 bridgehead atoms. The van der Waals surface area contributed by atoms with Gasteiger partial charge in [0.1, 0.15) is 0 Å². The molecule has 0 fully saturated rings. The smallest absolute Gasteiger partial charge is 0.187 e. The summed E-state index contributed by atoms with van der Waals surface area (Å²) in [6.45, 7) is 30.3. The lowest BCUT2D eigenvalue weighted by molar-refractivity contribution is 0.660. The molecule has 0 amide bonds. The summed E-state index contributed by atoms with van der Waals surface area (Å²) in [5.74, 6) is 0. The normalized spacial score (nSPS) is 14.3. The Labute approximate surface area is 490 Å². The van der Waals surface area contributed by atoms with Crippen molar-refractivity contribution in [3.8, 4) is 39.4 Å². The zero-order valence-corrected chi connectivity index (χ0v) is 49.1. The van der Waals surface area contributed by atoms with Gasteiger partial charge in [0.25, 0.3) is 0 Å². The molecule has 0 N–H and O–H groups in total. The average molecular weight is 1070 g/mol. The van der Waals surface area contributed by atoms with Gasteiger partial charge in [0.05, 0.1) is 18.2 Å². The van der Waals surface area contributed by atoms with Crippen LogP contribution in [0, 0.1) is 45.6 Å². The van der Waals surface area contributed by atoms with Crippen LogP contribution in [0.2, 0.25) is 0 Å². The van der Waals surface area contributed by atoms with Crippen LogP contribution in [0.15, 0.2) is 194 Å². The molecule has 0 aliphatic heterocycles. The fourth-order valence-electron chi connectivity index (χ4n) is 13.8. The molecule has 0 aromatic heterocycles. The van der Waals surface area contributed by atoms with Gasteiger partial charge in [-0.25, -0.2) is 4.85 Å². The third-order valence-electron chi connectivity index (χ3n) is 18.0. The van der Waals surface area contributed by atoms with Crippen molar-refractivity contribution in [1.29, 1.82) is 5.26 Å². The highest BCUT2D eigenvalue weighted by atomic mass is 15.1. The van der Waals surface area contributed by atoms with Gasteiger partial charge < -0.3 is 9.80 Å². The molecule has 0 heterocycles. The summed E-state index contributed by atoms with van der Waals surface area (Å²) in [6.07, 6.45) is 9.09. The number of nitrogens with zero attached hydrogens (tertiary/aromatic N) is 4. The van der Waals surface area contributed by atoms with Crippen molar-refractivity contribution in [2.45, 2.75) is 85.5 Å². The van der Waals surface area contributed by atoms with Crippen LogP contribution in [-0.4, -0.2) is 0 Å². The van der Waals surface area contributed by atoms with Crippen molar-refractivity contribution in [3.63, 3.8) is 0 Å². The minimum absolute atomic E-state index is 0.175. The second kappa shape index (κ2) is 19.8. The Morgan fingerprint density at radius 3 is 0.916 bits per heavy atom. The highest BCUT2D eigenvalue weighted by Crippen LogP contribution is 2.54. The molecule has 4 nitrogen and oxygen atoms in total. The van der Waals surface area contributed by atoms with Gasteiger partial charge in [0.15, 0.2) is 5.69 Å². The first-order valence-electron chi connectivity index (χ1n) is 28.9. The molecule has 402 valence electrons. The van der Waals surface area contributed by atoms with Crippen LogP contribution in [0.25, 0.3) is 62.5 Å². The molecular weight excluding hydrogens is 1000 g/mol. The molecule has 0 atom stereocenters. The standard InChI is InChI=1S/C79H66N4/c1-49-36-50(2)39-63(38-49)82(59-24-16-57(48-80)17-25-59)61-28-34-69-67-32-20-55(44-73(67)78(7,8)75(69)46-61)14-12-53-18-30-65-66-31-19-54(43-72(66)77(5,6)71(65)42-53)13-15-56-21-33-68-70-35-29-62(47-76(70)79(9,10)74(68)45-56)83(60-26-22-58(81-11)23-27-60)64-40-51(3)37-52(4)41-64/h12-47H,1-10H3/b14-12+,15-13+. The minimum Gasteiger partial charge on any atom is -0.311 e. The number of aryl methyl sites for hydroxylation is 4. The van der Waals surface area contributed by atoms with Gasteiger partial charge in [-0.2, -0.15) is 5.26 Å². The first kappa shape index (κ1) is 52.6. The number of fused-ring (bicyclic) bond motifs is 9. The van der Waals surface area contributed by atoms with Crippen LogP contribution in [0.5, 0.6) is 0 Å². The van der Waals surface area contributed by atoms with E-state index in [2.05, 4.69) is 272 Å². The SMILES string of the molecule is [C-]#[N+]c1ccc(N(c2cc(C)cc(C)c2)c2ccc3c(c2)C(C)(C)c2cc(/C=C/c4ccc5c(c4)C(C)(C)c4cc(/C=C/c6ccc7c(c6)C(C)(C)c6cc(N(c8ccc(C#N)cc8)c8cc(C)cc(C)c8)ccc6-7)ccc4-5)ccc2-3)cc1. The molecule has 3 aliphatic carbocycles. The Bertz CT molecular complexity index is 4140. The van der Waals surface area contributed by atoms with Gasteiger partial charge in [0, 0.05) is 50.4 Å². The maximum absolute atomic E-state index is 9.59. The number of benzene rings is 10. The van der Waals surface area contributed by atoms with Crippen molar-refractivity contribution in [2.24, 2.45) is 0 Å². The van der Waals surface area contributed by atoms with E-state index < -0.39 is 0 Å². The van der Waals surface area contributed by atoms with Crippen LogP contribution in [-0.2, 0) is 16.2 Å². The Balaban J connectivity index is 0.733. The number of nitriles is 1. The minimum atomic E-state index is -0.224. The number of anilines is 6. The maximum Gasteiger partial charge on any atom is 0.187 e. The summed E-state index contributed by atoms with van der Waals surface area (Å²) in [5, 5.41) is 9.59. The fraction of sp³-hybridized carbons (Fsp3) is 0.165. The van der Waals surface area contributed by atoms with Crippen LogP contribution in [0.1, 0.15) is 125 Å². The summed E-state index contributed by atoms with van der Waals surface area (Å²) in [6, 6.07) is 73.2. The van der Waals surface area contributed by atoms with Crippen LogP contribution in [0.3, 0.4) is 0 Å². The van der Waals surface area contributed by atoms with Gasteiger partial charge in [-0.1, -0.05) is 175 Å². The van der Waals surface area contributed by atoms with E-state index in [0.717, 1.165) is 34.1 Å². The Morgan fingerprint density at radius 1 is 0.337 bits per heavy atom. The first-order valence-corrected chi connectivity index (χ1v) is 28.9. The molecule has 0 saturated carbocycles. The highest BCUT2D eigenvalue weighted by molar-refractivity contribution is 5.90. The summed E-state index contributed by atoms with van der Waals surface area (Å²) in [5.41, 5.74) is 32.4. The lowest BCUT2D eigenvalue weighted by Gasteiger charge is -2.28. The van der Waals surface area contributed by atoms with Crippen LogP contribution in [0.4, 0.5) is 39.8 Å². The van der Waals surface area contributed by atoms with Crippen molar-refractivity contribution in [1.82, 2.24) is 0 Å². The molecule has 0 spiro atoms. The lowest BCUT2D eigenvalue weighted by atomic mass is 9.81. The maximum atomic E-state index is 9.59. The summed E-state index contributed by atoms with van der Waals surface area (Å²) >= 11 is 0. The zero-order chi connectivity index (χ0) is 57.7. The van der Waals surface area contributed by atoms with E-state index in [9.17, 15) is 5.26 Å². The summed E-state index contributed by atoms with van der Waals surface area (Å²) < 4.78 is 0. The van der Waals surface area contributed by atoms with E-state index in [1.165, 1.54) is 111 Å². The van der Waals surface area contributed by atoms with Crippen molar-refractivity contribution < 1.29 is 0 Å². The first-order chi connectivity index (χ1) is 39.9. The van der Waals surface area contributed by atoms with Crippen LogP contribution >= 0.6 is 0 Å². The van der Waals surface area contributed by atoms with E-state index in [-0.39, 0.29) is 16.2 Å². The molecule has 3 aliphatic rings. The quantitative estimate of drug-likeness (QED) is 0.101. The van der Waals surface area contributed by atoms with Gasteiger partial charge >= 0.3 is 0 Å². The average Bonchev–Trinajstić information content (AvgIpc) is 1.92. The monoisotopic (exact) mass is 1070 g/mol. The molecule has 10 aromatic carbocycles. The number of hydrogen-bond acceptors (Lipinski definition) is 3. The van der Waals surface area contributed by atoms with Crippen molar-refractivity contribution >= 4 is 64.1 Å². The Morgan fingerprint density at radius 2 is 0.614 bits per heavy atom. The second-order valence-electron chi connectivity index (χ2n) is 24.9. The summed E-state index contributed by atoms with van der Waals surface area (Å²) in [7, 11) is 0. The van der Waals surface area contributed by atoms with Gasteiger partial charge in [-0.05, 0) is 224 Å². The van der Waals surface area contributed by atoms with E-state index >= 15 is 0 Å². The Hall–Kier alpha value is -9.74. The predicted octanol–water partition coefficient (Wildman–Crippen LogP) is 21.5. The van der Waals surface area contributed by atoms with E-state index in [4.69, 9.17) is 6.57 Å². The zero-order valence-electron chi connectivity index (χ0n) is 49.1. The molecule has 13 rings (SSSR count). The number of hydrogen-bond donors (Lipinski definition) is 0. The van der Waals surface area contributed by atoms with E-state index in [1.54, 1.807) is 0 Å². The fourth-order valence-corrected chi connectivity index (χ4v) is 13.8. The molecular formula is C79H66N4. The molecule has 4 heteroatoms. The third-order valence-corrected chi connectivity index (χ3v) is 18.0. The largest absolute Gasteiger partial charge is 0.311 e. The lowest BCUT2D eigenvalue weighted by Crippen LogP contribution is -2.17. The molecule has 10 aromatic rings. The van der Waals surface area contributed by atoms with Gasteiger partial charge in [-0.15, -0.1) is 0 Å². The van der Waals surface area contributed by atoms with Crippen molar-refractivity contribution in [2.75, 3.05) is 9.80 Å². The van der Waals surface area contributed by atoms with Gasteiger partial charge in [-0.3, -0.25) is 0 Å². The summed E-state index contributed by atoms with van der Waals surface area (Å²) in [4.78, 5) is 8.30. The van der Waals surface area contributed by atoms with Crippen LogP contribution < -0.4 is 9.80 Å². The molecule has 83 heavy (non-hydrogen) atoms. The molecule has 0 unspecified atom stereocenters. The molecule has 0 saturated heterocycles. The highest BCUT2D eigenvalue weighted by Gasteiger charge is 2.39. The van der Waals surface area contributed by atoms with E-state index in [1.807, 2.05) is 36.4 Å². The topological polar surface area (TPSA) is 34.6 Å². The second-order valence-corrected chi connectivity index (χ2v) is 24.9. The van der Waals surface area contributed by atoms with Gasteiger partial charge in [0.2, 0.25) is 0 Å². The Kier molecular flexibility index (Phi) is 12.5. The molecule has 0 radical (unpaired) electrons. The third kappa shape index (κ3) is 9.07.